The van der Waals surface area contributed by atoms with E-state index in [1.807, 2.05) is 21.1 Å². The number of esters is 2. The molecule has 0 aliphatic rings. The van der Waals surface area contributed by atoms with Gasteiger partial charge in [0.15, 0.2) is 12.4 Å². The van der Waals surface area contributed by atoms with E-state index < -0.39 is 24.3 Å². The van der Waals surface area contributed by atoms with Gasteiger partial charge in [-0.3, -0.25) is 9.59 Å². The maximum atomic E-state index is 13.0. The molecule has 0 spiro atoms. The maximum absolute atomic E-state index is 13.0. The number of hydrogen-bond acceptors (Lipinski definition) is 8. The molecule has 0 bridgehead atoms. The monoisotopic (exact) mass is 1290 g/mol. The molecule has 0 radical (unpaired) electrons. The van der Waals surface area contributed by atoms with Gasteiger partial charge in [0, 0.05) is 12.8 Å². The Balaban J connectivity index is 3.93. The second-order valence-corrected chi connectivity index (χ2v) is 29.4. The molecule has 91 heavy (non-hydrogen) atoms. The summed E-state index contributed by atoms with van der Waals surface area (Å²) in [6, 6.07) is 0. The van der Waals surface area contributed by atoms with Crippen molar-refractivity contribution in [3.63, 3.8) is 0 Å². The van der Waals surface area contributed by atoms with E-state index in [1.54, 1.807) is 0 Å². The van der Waals surface area contributed by atoms with E-state index in [9.17, 15) is 19.5 Å². The van der Waals surface area contributed by atoms with Crippen molar-refractivity contribution in [1.82, 2.24) is 0 Å². The van der Waals surface area contributed by atoms with Gasteiger partial charge in [0.05, 0.1) is 40.3 Å². The first-order valence-electron chi connectivity index (χ1n) is 40.8. The van der Waals surface area contributed by atoms with Crippen molar-refractivity contribution in [3.8, 4) is 0 Å². The van der Waals surface area contributed by atoms with Gasteiger partial charge in [0.1, 0.15) is 13.2 Å². The van der Waals surface area contributed by atoms with Gasteiger partial charge in [-0.2, -0.15) is 0 Å². The van der Waals surface area contributed by atoms with E-state index in [0.717, 1.165) is 38.5 Å². The predicted molar refractivity (Wildman–Crippen MR) is 390 cm³/mol. The quantitative estimate of drug-likeness (QED) is 0.0195. The molecule has 540 valence electrons. The smallest absolute Gasteiger partial charge is 0.306 e. The lowest BCUT2D eigenvalue weighted by atomic mass is 10.0. The molecule has 0 saturated carbocycles. The average molecular weight is 1290 g/mol. The molecule has 0 heterocycles. The Morgan fingerprint density at radius 2 is 0.560 bits per heavy atom. The molecule has 0 aromatic heterocycles. The van der Waals surface area contributed by atoms with E-state index in [2.05, 4.69) is 26.0 Å². The Hall–Kier alpha value is -1.97. The van der Waals surface area contributed by atoms with Crippen molar-refractivity contribution in [2.45, 2.75) is 450 Å². The minimum absolute atomic E-state index is 0.153. The normalized spacial score (nSPS) is 12.6. The SMILES string of the molecule is CCCCCCCCCC/C=C\CCCCCCCCCCCCCCCCCCCC(=O)OC(COC(=O)CCCCCCCCCCCCCCCCCCCCCCCCCCCCCCCCCCCCCCC)COC(OCC[N+](C)(C)C)C(=O)[O-]. The Morgan fingerprint density at radius 3 is 0.813 bits per heavy atom. The summed E-state index contributed by atoms with van der Waals surface area (Å²) in [5.41, 5.74) is 0. The molecular weight excluding hydrogens is 1130 g/mol. The Bertz CT molecular complexity index is 1500. The van der Waals surface area contributed by atoms with Gasteiger partial charge in [0.25, 0.3) is 0 Å². The van der Waals surface area contributed by atoms with Crippen LogP contribution in [0.5, 0.6) is 0 Å². The first kappa shape index (κ1) is 89.0. The van der Waals surface area contributed by atoms with Gasteiger partial charge in [-0.1, -0.05) is 398 Å². The van der Waals surface area contributed by atoms with Crippen LogP contribution in [0.1, 0.15) is 438 Å². The third-order valence-corrected chi connectivity index (χ3v) is 19.0. The highest BCUT2D eigenvalue weighted by atomic mass is 16.7. The fourth-order valence-corrected chi connectivity index (χ4v) is 12.8. The van der Waals surface area contributed by atoms with E-state index in [4.69, 9.17) is 18.9 Å². The minimum Gasteiger partial charge on any atom is -0.545 e. The van der Waals surface area contributed by atoms with Gasteiger partial charge < -0.3 is 33.3 Å². The molecule has 0 aromatic rings. The number of nitrogens with zero attached hydrogens (tertiary/aromatic N) is 1. The molecular formula is C82H159NO8. The molecule has 0 fully saturated rings. The van der Waals surface area contributed by atoms with E-state index in [1.165, 1.54) is 372 Å². The van der Waals surface area contributed by atoms with Gasteiger partial charge in [-0.15, -0.1) is 0 Å². The fraction of sp³-hybridized carbons (Fsp3) is 0.939. The number of carboxylic acid groups (broad SMARTS) is 1. The number of quaternary nitrogens is 1. The van der Waals surface area contributed by atoms with Crippen molar-refractivity contribution in [2.24, 2.45) is 0 Å². The largest absolute Gasteiger partial charge is 0.545 e. The topological polar surface area (TPSA) is 111 Å². The number of hydrogen-bond donors (Lipinski definition) is 0. The van der Waals surface area contributed by atoms with Crippen LogP contribution in [0.15, 0.2) is 12.2 Å². The summed E-state index contributed by atoms with van der Waals surface area (Å²) < 4.78 is 22.9. The van der Waals surface area contributed by atoms with Crippen LogP contribution < -0.4 is 5.11 Å². The van der Waals surface area contributed by atoms with Crippen molar-refractivity contribution < 1.29 is 42.9 Å². The predicted octanol–water partition coefficient (Wildman–Crippen LogP) is 24.6. The number of allylic oxidation sites excluding steroid dienone is 2. The van der Waals surface area contributed by atoms with Crippen LogP contribution in [0.3, 0.4) is 0 Å². The molecule has 0 aliphatic heterocycles. The number of ether oxygens (including phenoxy) is 4. The molecule has 2 atom stereocenters. The standard InChI is InChI=1S/C82H159NO8/c1-6-8-10-12-14-16-18-20-22-24-26-28-30-32-34-36-37-38-39-40-41-42-43-45-46-48-50-52-54-56-58-60-62-64-66-68-70-72-79(84)89-76-78(77-90-82(81(86)87)88-75-74-83(3,4)5)91-80(85)73-71-69-67-65-63-61-59-57-55-53-51-49-47-44-35-33-31-29-27-25-23-21-19-17-15-13-11-9-7-2/h25,27,78,82H,6-24,26,28-77H2,1-5H3/b27-25-. The maximum Gasteiger partial charge on any atom is 0.306 e. The Morgan fingerprint density at radius 1 is 0.319 bits per heavy atom. The molecule has 0 amide bonds. The summed E-state index contributed by atoms with van der Waals surface area (Å²) in [4.78, 5) is 37.6. The fourth-order valence-electron chi connectivity index (χ4n) is 12.8. The highest BCUT2D eigenvalue weighted by Gasteiger charge is 2.22. The zero-order chi connectivity index (χ0) is 66.1. The molecule has 0 aliphatic carbocycles. The van der Waals surface area contributed by atoms with Crippen LogP contribution in [0.25, 0.3) is 0 Å². The molecule has 0 N–H and O–H groups in total. The zero-order valence-electron chi connectivity index (χ0n) is 62.0. The molecule has 9 heteroatoms. The van der Waals surface area contributed by atoms with Gasteiger partial charge in [0.2, 0.25) is 0 Å². The summed E-state index contributed by atoms with van der Waals surface area (Å²) in [6.07, 6.45) is 89.3. The van der Waals surface area contributed by atoms with E-state index in [0.29, 0.717) is 17.4 Å². The highest BCUT2D eigenvalue weighted by molar-refractivity contribution is 5.70. The average Bonchev–Trinajstić information content (AvgIpc) is 3.66. The van der Waals surface area contributed by atoms with Crippen molar-refractivity contribution in [1.29, 1.82) is 0 Å². The number of carbonyl (C=O) groups is 3. The lowest BCUT2D eigenvalue weighted by Gasteiger charge is -2.26. The van der Waals surface area contributed by atoms with Gasteiger partial charge in [-0.25, -0.2) is 0 Å². The second kappa shape index (κ2) is 73.8. The van der Waals surface area contributed by atoms with E-state index >= 15 is 0 Å². The number of carboxylic acids is 1. The van der Waals surface area contributed by atoms with Gasteiger partial charge in [-0.05, 0) is 38.5 Å². The molecule has 0 aromatic carbocycles. The third kappa shape index (κ3) is 75.3. The third-order valence-electron chi connectivity index (χ3n) is 19.0. The van der Waals surface area contributed by atoms with E-state index in [-0.39, 0.29) is 32.2 Å². The van der Waals surface area contributed by atoms with Crippen molar-refractivity contribution in [2.75, 3.05) is 47.5 Å². The molecule has 2 unspecified atom stereocenters. The number of rotatable bonds is 78. The summed E-state index contributed by atoms with van der Waals surface area (Å²) in [5, 5.41) is 11.9. The molecule has 0 rings (SSSR count). The number of carbonyl (C=O) groups excluding carboxylic acids is 3. The lowest BCUT2D eigenvalue weighted by molar-refractivity contribution is -0.870. The van der Waals surface area contributed by atoms with Crippen LogP contribution in [0.4, 0.5) is 0 Å². The second-order valence-electron chi connectivity index (χ2n) is 29.4. The summed E-state index contributed by atoms with van der Waals surface area (Å²) in [7, 11) is 5.96. The van der Waals surface area contributed by atoms with Crippen LogP contribution in [-0.2, 0) is 33.3 Å². The molecule has 0 saturated heterocycles. The molecule has 9 nitrogen and oxygen atoms in total. The summed E-state index contributed by atoms with van der Waals surface area (Å²) in [6.45, 7) is 4.85. The number of aliphatic carboxylic acids is 1. The number of likely N-dealkylation sites (N-methyl/N-ethyl adjacent to an activating group) is 1. The van der Waals surface area contributed by atoms with Gasteiger partial charge >= 0.3 is 11.9 Å². The Labute approximate surface area is 567 Å². The van der Waals surface area contributed by atoms with Crippen LogP contribution in [0.2, 0.25) is 0 Å². The summed E-state index contributed by atoms with van der Waals surface area (Å²) >= 11 is 0. The number of unbranched alkanes of at least 4 members (excludes halogenated alkanes) is 61. The van der Waals surface area contributed by atoms with Crippen LogP contribution in [0, 0.1) is 0 Å². The van der Waals surface area contributed by atoms with Crippen LogP contribution in [-0.4, -0.2) is 82.3 Å². The van der Waals surface area contributed by atoms with Crippen molar-refractivity contribution >= 4 is 17.9 Å². The highest BCUT2D eigenvalue weighted by Crippen LogP contribution is 2.21. The minimum atomic E-state index is -1.62. The zero-order valence-corrected chi connectivity index (χ0v) is 62.0. The summed E-state index contributed by atoms with van der Waals surface area (Å²) in [5.74, 6) is -2.24. The van der Waals surface area contributed by atoms with Crippen molar-refractivity contribution in [3.05, 3.63) is 12.2 Å². The Kier molecular flexibility index (Phi) is 72.2. The first-order valence-corrected chi connectivity index (χ1v) is 40.8. The first-order chi connectivity index (χ1) is 44.6. The van der Waals surface area contributed by atoms with Crippen LogP contribution >= 0.6 is 0 Å². The lowest BCUT2D eigenvalue weighted by Crippen LogP contribution is -2.44.